The maximum absolute atomic E-state index is 11.7. The van der Waals surface area contributed by atoms with Gasteiger partial charge in [0.1, 0.15) is 0 Å². The van der Waals surface area contributed by atoms with Crippen LogP contribution in [0.15, 0.2) is 29.7 Å². The summed E-state index contributed by atoms with van der Waals surface area (Å²) in [4.78, 5) is 0. The van der Waals surface area contributed by atoms with Gasteiger partial charge < -0.3 is 5.32 Å². The molecule has 2 N–H and O–H groups in total. The molecule has 0 aliphatic heterocycles. The van der Waals surface area contributed by atoms with Crippen LogP contribution in [0.25, 0.3) is 6.08 Å². The molecule has 0 amide bonds. The van der Waals surface area contributed by atoms with Gasteiger partial charge in [-0.2, -0.15) is 0 Å². The monoisotopic (exact) mass is 314 g/mol. The van der Waals surface area contributed by atoms with Gasteiger partial charge in [0, 0.05) is 23.0 Å². The number of hydrogen-bond acceptors (Lipinski definition) is 3. The Labute approximate surface area is 125 Å². The van der Waals surface area contributed by atoms with Crippen LogP contribution in [0.4, 0.5) is 0 Å². The number of rotatable bonds is 8. The predicted octanol–water partition coefficient (Wildman–Crippen LogP) is 2.37. The molecule has 1 aromatic rings. The maximum Gasteiger partial charge on any atom is 0.233 e. The van der Waals surface area contributed by atoms with Crippen molar-refractivity contribution in [1.29, 1.82) is 0 Å². The topological polar surface area (TPSA) is 58.2 Å². The Morgan fingerprint density at radius 3 is 2.55 bits per heavy atom. The van der Waals surface area contributed by atoms with E-state index in [1.165, 1.54) is 18.2 Å². The van der Waals surface area contributed by atoms with Crippen LogP contribution in [0.3, 0.4) is 0 Å². The van der Waals surface area contributed by atoms with Crippen molar-refractivity contribution in [1.82, 2.24) is 10.0 Å². The second kappa shape index (κ2) is 7.22. The SMILES string of the molecule is O=S(=O)(/C=C/c1ccc(Cl)cc1)NCCCNC1CC1. The first-order valence-electron chi connectivity index (χ1n) is 6.72. The summed E-state index contributed by atoms with van der Waals surface area (Å²) in [6.07, 6.45) is 4.84. The highest BCUT2D eigenvalue weighted by molar-refractivity contribution is 7.92. The van der Waals surface area contributed by atoms with Crippen LogP contribution in [0.1, 0.15) is 24.8 Å². The molecule has 0 radical (unpaired) electrons. The van der Waals surface area contributed by atoms with Crippen LogP contribution in [0.5, 0.6) is 0 Å². The summed E-state index contributed by atoms with van der Waals surface area (Å²) >= 11 is 5.77. The summed E-state index contributed by atoms with van der Waals surface area (Å²) in [7, 11) is -3.37. The molecule has 6 heteroatoms. The van der Waals surface area contributed by atoms with E-state index in [0.29, 0.717) is 17.6 Å². The Balaban J connectivity index is 1.72. The fourth-order valence-electron chi connectivity index (χ4n) is 1.69. The molecule has 1 aliphatic carbocycles. The third kappa shape index (κ3) is 6.05. The lowest BCUT2D eigenvalue weighted by Gasteiger charge is -2.04. The molecule has 0 saturated heterocycles. The molecule has 110 valence electrons. The first kappa shape index (κ1) is 15.5. The molecule has 0 bridgehead atoms. The molecular weight excluding hydrogens is 296 g/mol. The number of sulfonamides is 1. The van der Waals surface area contributed by atoms with E-state index in [1.54, 1.807) is 30.3 Å². The fraction of sp³-hybridized carbons (Fsp3) is 0.429. The Morgan fingerprint density at radius 2 is 1.90 bits per heavy atom. The van der Waals surface area contributed by atoms with Gasteiger partial charge in [-0.25, -0.2) is 13.1 Å². The summed E-state index contributed by atoms with van der Waals surface area (Å²) < 4.78 is 26.0. The molecule has 20 heavy (non-hydrogen) atoms. The second-order valence-corrected chi connectivity index (χ2v) is 6.96. The normalized spacial score (nSPS) is 15.8. The van der Waals surface area contributed by atoms with Gasteiger partial charge >= 0.3 is 0 Å². The largest absolute Gasteiger partial charge is 0.314 e. The zero-order valence-electron chi connectivity index (χ0n) is 11.2. The van der Waals surface area contributed by atoms with Crippen LogP contribution in [-0.2, 0) is 10.0 Å². The van der Waals surface area contributed by atoms with E-state index >= 15 is 0 Å². The molecule has 0 aromatic heterocycles. The third-order valence-corrected chi connectivity index (χ3v) is 4.33. The lowest BCUT2D eigenvalue weighted by Crippen LogP contribution is -2.26. The number of hydrogen-bond donors (Lipinski definition) is 2. The zero-order valence-corrected chi connectivity index (χ0v) is 12.8. The maximum atomic E-state index is 11.7. The van der Waals surface area contributed by atoms with E-state index in [2.05, 4.69) is 10.0 Å². The van der Waals surface area contributed by atoms with Gasteiger partial charge in [0.2, 0.25) is 10.0 Å². The fourth-order valence-corrected chi connectivity index (χ4v) is 2.67. The molecule has 1 aromatic carbocycles. The first-order valence-corrected chi connectivity index (χ1v) is 8.64. The zero-order chi connectivity index (χ0) is 14.4. The van der Waals surface area contributed by atoms with Gasteiger partial charge in [0.15, 0.2) is 0 Å². The average Bonchev–Trinajstić information content (AvgIpc) is 3.22. The molecule has 2 rings (SSSR count). The second-order valence-electron chi connectivity index (χ2n) is 4.88. The summed E-state index contributed by atoms with van der Waals surface area (Å²) in [5.41, 5.74) is 0.801. The van der Waals surface area contributed by atoms with Crippen LogP contribution in [0.2, 0.25) is 5.02 Å². The number of nitrogens with one attached hydrogen (secondary N) is 2. The predicted molar refractivity (Wildman–Crippen MR) is 83.1 cm³/mol. The van der Waals surface area contributed by atoms with Gasteiger partial charge in [-0.15, -0.1) is 0 Å². The van der Waals surface area contributed by atoms with Crippen LogP contribution in [-0.4, -0.2) is 27.5 Å². The van der Waals surface area contributed by atoms with Crippen LogP contribution in [0, 0.1) is 0 Å². The van der Waals surface area contributed by atoms with E-state index < -0.39 is 10.0 Å². The van der Waals surface area contributed by atoms with Crippen molar-refractivity contribution >= 4 is 27.7 Å². The Morgan fingerprint density at radius 1 is 1.20 bits per heavy atom. The minimum Gasteiger partial charge on any atom is -0.314 e. The molecule has 1 aliphatic rings. The van der Waals surface area contributed by atoms with E-state index in [-0.39, 0.29) is 0 Å². The third-order valence-electron chi connectivity index (χ3n) is 2.98. The average molecular weight is 315 g/mol. The molecule has 0 spiro atoms. The molecule has 1 fully saturated rings. The Hall–Kier alpha value is -0.880. The lowest BCUT2D eigenvalue weighted by atomic mass is 10.2. The van der Waals surface area contributed by atoms with Gasteiger partial charge in [-0.1, -0.05) is 23.7 Å². The molecule has 0 unspecified atom stereocenters. The van der Waals surface area contributed by atoms with E-state index in [9.17, 15) is 8.42 Å². The Kier molecular flexibility index (Phi) is 5.60. The van der Waals surface area contributed by atoms with E-state index in [1.807, 2.05) is 0 Å². The van der Waals surface area contributed by atoms with Crippen molar-refractivity contribution in [3.05, 3.63) is 40.3 Å². The van der Waals surface area contributed by atoms with Gasteiger partial charge in [-0.3, -0.25) is 0 Å². The highest BCUT2D eigenvalue weighted by atomic mass is 35.5. The van der Waals surface area contributed by atoms with Crippen molar-refractivity contribution in [2.45, 2.75) is 25.3 Å². The Bertz CT molecular complexity index is 551. The summed E-state index contributed by atoms with van der Waals surface area (Å²) in [5.74, 6) is 0. The molecule has 0 heterocycles. The van der Waals surface area contributed by atoms with Crippen molar-refractivity contribution in [3.8, 4) is 0 Å². The van der Waals surface area contributed by atoms with E-state index in [0.717, 1.165) is 18.5 Å². The quantitative estimate of drug-likeness (QED) is 0.724. The highest BCUT2D eigenvalue weighted by Crippen LogP contribution is 2.18. The van der Waals surface area contributed by atoms with Gasteiger partial charge in [0.05, 0.1) is 0 Å². The van der Waals surface area contributed by atoms with Crippen molar-refractivity contribution in [2.75, 3.05) is 13.1 Å². The first-order chi connectivity index (χ1) is 9.55. The molecule has 0 atom stereocenters. The van der Waals surface area contributed by atoms with Crippen molar-refractivity contribution in [2.24, 2.45) is 0 Å². The smallest absolute Gasteiger partial charge is 0.233 e. The lowest BCUT2D eigenvalue weighted by molar-refractivity contribution is 0.582. The minimum absolute atomic E-state index is 0.451. The minimum atomic E-state index is -3.37. The van der Waals surface area contributed by atoms with Gasteiger partial charge in [-0.05, 0) is 49.6 Å². The molecular formula is C14H19ClN2O2S. The van der Waals surface area contributed by atoms with Crippen molar-refractivity contribution < 1.29 is 8.42 Å². The standard InChI is InChI=1S/C14H19ClN2O2S/c15-13-4-2-12(3-5-13)8-11-20(18,19)17-10-1-9-16-14-6-7-14/h2-5,8,11,14,16-17H,1,6-7,9-10H2/b11-8+. The van der Waals surface area contributed by atoms with Crippen LogP contribution >= 0.6 is 11.6 Å². The summed E-state index contributed by atoms with van der Waals surface area (Å²) in [5, 5.41) is 5.16. The molecule has 1 saturated carbocycles. The van der Waals surface area contributed by atoms with Gasteiger partial charge in [0.25, 0.3) is 0 Å². The van der Waals surface area contributed by atoms with Crippen LogP contribution < -0.4 is 10.0 Å². The van der Waals surface area contributed by atoms with E-state index in [4.69, 9.17) is 11.6 Å². The highest BCUT2D eigenvalue weighted by Gasteiger charge is 2.19. The summed E-state index contributed by atoms with van der Waals surface area (Å²) in [6, 6.07) is 7.66. The number of halogens is 1. The van der Waals surface area contributed by atoms with Crippen molar-refractivity contribution in [3.63, 3.8) is 0 Å². The molecule has 4 nitrogen and oxygen atoms in total. The summed E-state index contributed by atoms with van der Waals surface area (Å²) in [6.45, 7) is 1.31. The number of benzene rings is 1.